The van der Waals surface area contributed by atoms with Crippen LogP contribution in [-0.2, 0) is 7.05 Å². The molecule has 0 aromatic carbocycles. The van der Waals surface area contributed by atoms with E-state index in [4.69, 9.17) is 0 Å². The highest BCUT2D eigenvalue weighted by atomic mass is 19.4. The van der Waals surface area contributed by atoms with Gasteiger partial charge in [0.05, 0.1) is 11.3 Å². The van der Waals surface area contributed by atoms with Gasteiger partial charge >= 0.3 is 6.18 Å². The summed E-state index contributed by atoms with van der Waals surface area (Å²) in [6.07, 6.45) is -3.79. The van der Waals surface area contributed by atoms with E-state index in [2.05, 4.69) is 5.10 Å². The number of aryl methyl sites for hydroxylation is 2. The Balaban J connectivity index is 3.26. The summed E-state index contributed by atoms with van der Waals surface area (Å²) in [5.74, 6) is 0.204. The van der Waals surface area contributed by atoms with Crippen molar-refractivity contribution in [1.29, 1.82) is 0 Å². The van der Waals surface area contributed by atoms with Gasteiger partial charge in [-0.05, 0) is 20.8 Å². The molecule has 0 radical (unpaired) electrons. The highest BCUT2D eigenvalue weighted by Crippen LogP contribution is 2.27. The molecule has 0 atom stereocenters. The molecule has 0 unspecified atom stereocenters. The van der Waals surface area contributed by atoms with Gasteiger partial charge in [-0.3, -0.25) is 9.48 Å². The lowest BCUT2D eigenvalue weighted by molar-refractivity contribution is -0.120. The SMILES string of the molecule is Cc1nn(C)c(N(CC(F)(F)F)C(C)C)c1C=O. The highest BCUT2D eigenvalue weighted by molar-refractivity contribution is 5.84. The lowest BCUT2D eigenvalue weighted by atomic mass is 10.2. The van der Waals surface area contributed by atoms with Gasteiger partial charge in [-0.25, -0.2) is 0 Å². The normalized spacial score (nSPS) is 12.0. The zero-order valence-electron chi connectivity index (χ0n) is 10.7. The molecule has 0 bridgehead atoms. The number of halogens is 3. The van der Waals surface area contributed by atoms with Gasteiger partial charge in [0.15, 0.2) is 6.29 Å². The second-order valence-corrected chi connectivity index (χ2v) is 4.40. The van der Waals surface area contributed by atoms with Gasteiger partial charge in [0.2, 0.25) is 0 Å². The van der Waals surface area contributed by atoms with Crippen LogP contribution in [0.1, 0.15) is 29.9 Å². The number of carbonyl (C=O) groups excluding carboxylic acids is 1. The third-order valence-electron chi connectivity index (χ3n) is 2.60. The maximum absolute atomic E-state index is 12.6. The number of rotatable bonds is 4. The van der Waals surface area contributed by atoms with Crippen LogP contribution >= 0.6 is 0 Å². The second-order valence-electron chi connectivity index (χ2n) is 4.40. The van der Waals surface area contributed by atoms with Crippen molar-refractivity contribution in [2.24, 2.45) is 7.05 Å². The molecule has 0 fully saturated rings. The largest absolute Gasteiger partial charge is 0.405 e. The standard InChI is InChI=1S/C11H16F3N3O/c1-7(2)17(6-11(12,13)14)10-9(5-18)8(3)15-16(10)4/h5,7H,6H2,1-4H3. The highest BCUT2D eigenvalue weighted by Gasteiger charge is 2.34. The minimum absolute atomic E-state index is 0.204. The summed E-state index contributed by atoms with van der Waals surface area (Å²) >= 11 is 0. The molecule has 7 heteroatoms. The van der Waals surface area contributed by atoms with Crippen LogP contribution in [0.4, 0.5) is 19.0 Å². The first-order chi connectivity index (χ1) is 8.17. The first-order valence-electron chi connectivity index (χ1n) is 5.49. The maximum atomic E-state index is 12.6. The minimum atomic E-state index is -4.33. The first kappa shape index (κ1) is 14.5. The fourth-order valence-electron chi connectivity index (χ4n) is 1.84. The monoisotopic (exact) mass is 263 g/mol. The third-order valence-corrected chi connectivity index (χ3v) is 2.60. The Bertz CT molecular complexity index is 437. The molecule has 0 saturated carbocycles. The van der Waals surface area contributed by atoms with Crippen LogP contribution in [0.3, 0.4) is 0 Å². The Labute approximate surface area is 103 Å². The number of carbonyl (C=O) groups is 1. The smallest absolute Gasteiger partial charge is 0.345 e. The average molecular weight is 263 g/mol. The predicted molar refractivity (Wildman–Crippen MR) is 61.9 cm³/mol. The summed E-state index contributed by atoms with van der Waals surface area (Å²) in [5.41, 5.74) is 0.630. The topological polar surface area (TPSA) is 38.1 Å². The van der Waals surface area contributed by atoms with E-state index in [9.17, 15) is 18.0 Å². The van der Waals surface area contributed by atoms with E-state index >= 15 is 0 Å². The molecular weight excluding hydrogens is 247 g/mol. The summed E-state index contributed by atoms with van der Waals surface area (Å²) in [4.78, 5) is 12.1. The molecule has 1 aromatic rings. The lowest BCUT2D eigenvalue weighted by Crippen LogP contribution is -2.40. The molecule has 0 spiro atoms. The number of nitrogens with zero attached hydrogens (tertiary/aromatic N) is 3. The molecule has 4 nitrogen and oxygen atoms in total. The molecule has 0 N–H and O–H groups in total. The predicted octanol–water partition coefficient (Wildman–Crippen LogP) is 2.32. The maximum Gasteiger partial charge on any atom is 0.405 e. The van der Waals surface area contributed by atoms with Crippen molar-refractivity contribution in [2.45, 2.75) is 33.0 Å². The van der Waals surface area contributed by atoms with E-state index in [0.29, 0.717) is 12.0 Å². The molecule has 18 heavy (non-hydrogen) atoms. The Morgan fingerprint density at radius 1 is 1.44 bits per heavy atom. The van der Waals surface area contributed by atoms with Crippen molar-refractivity contribution < 1.29 is 18.0 Å². The van der Waals surface area contributed by atoms with Gasteiger partial charge in [0.25, 0.3) is 0 Å². The van der Waals surface area contributed by atoms with E-state index in [1.807, 2.05) is 0 Å². The van der Waals surface area contributed by atoms with E-state index in [1.54, 1.807) is 20.8 Å². The van der Waals surface area contributed by atoms with Crippen molar-refractivity contribution in [3.8, 4) is 0 Å². The molecule has 0 aliphatic carbocycles. The van der Waals surface area contributed by atoms with Crippen LogP contribution in [-0.4, -0.2) is 34.8 Å². The number of hydrogen-bond acceptors (Lipinski definition) is 3. The van der Waals surface area contributed by atoms with Crippen LogP contribution in [0.25, 0.3) is 0 Å². The Morgan fingerprint density at radius 2 is 2.00 bits per heavy atom. The summed E-state index contributed by atoms with van der Waals surface area (Å²) in [5, 5.41) is 3.99. The van der Waals surface area contributed by atoms with E-state index < -0.39 is 12.7 Å². The fraction of sp³-hybridized carbons (Fsp3) is 0.636. The number of hydrogen-bond donors (Lipinski definition) is 0. The zero-order valence-corrected chi connectivity index (χ0v) is 10.7. The molecule has 0 saturated heterocycles. The van der Waals surface area contributed by atoms with E-state index in [-0.39, 0.29) is 17.4 Å². The number of anilines is 1. The summed E-state index contributed by atoms with van der Waals surface area (Å²) in [6, 6.07) is -0.389. The fourth-order valence-corrected chi connectivity index (χ4v) is 1.84. The van der Waals surface area contributed by atoms with Gasteiger partial charge in [-0.15, -0.1) is 0 Å². The minimum Gasteiger partial charge on any atom is -0.345 e. The second kappa shape index (κ2) is 4.99. The number of alkyl halides is 3. The van der Waals surface area contributed by atoms with Gasteiger partial charge in [-0.2, -0.15) is 18.3 Å². The molecule has 1 rings (SSSR count). The molecule has 1 aromatic heterocycles. The molecule has 102 valence electrons. The molecule has 0 aliphatic heterocycles. The van der Waals surface area contributed by atoms with Crippen LogP contribution < -0.4 is 4.90 Å². The molecule has 0 aliphatic rings. The van der Waals surface area contributed by atoms with Gasteiger partial charge in [-0.1, -0.05) is 0 Å². The van der Waals surface area contributed by atoms with Gasteiger partial charge < -0.3 is 4.90 Å². The van der Waals surface area contributed by atoms with Crippen molar-refractivity contribution in [3.63, 3.8) is 0 Å². The molecule has 0 amide bonds. The zero-order chi connectivity index (χ0) is 14.1. The molecular formula is C11H16F3N3O. The van der Waals surface area contributed by atoms with Crippen LogP contribution in [0.2, 0.25) is 0 Å². The Hall–Kier alpha value is -1.53. The quantitative estimate of drug-likeness (QED) is 0.782. The Kier molecular flexibility index (Phi) is 4.03. The summed E-state index contributed by atoms with van der Waals surface area (Å²) in [7, 11) is 1.53. The van der Waals surface area contributed by atoms with Crippen molar-refractivity contribution >= 4 is 12.1 Å². The summed E-state index contributed by atoms with van der Waals surface area (Å²) < 4.78 is 39.0. The van der Waals surface area contributed by atoms with E-state index in [1.165, 1.54) is 11.7 Å². The van der Waals surface area contributed by atoms with Crippen LogP contribution in [0, 0.1) is 6.92 Å². The van der Waals surface area contributed by atoms with Crippen molar-refractivity contribution in [3.05, 3.63) is 11.3 Å². The lowest BCUT2D eigenvalue weighted by Gasteiger charge is -2.29. The average Bonchev–Trinajstić information content (AvgIpc) is 2.47. The van der Waals surface area contributed by atoms with Crippen molar-refractivity contribution in [2.75, 3.05) is 11.4 Å². The summed E-state index contributed by atoms with van der Waals surface area (Å²) in [6.45, 7) is 3.77. The van der Waals surface area contributed by atoms with E-state index in [0.717, 1.165) is 4.90 Å². The first-order valence-corrected chi connectivity index (χ1v) is 5.49. The van der Waals surface area contributed by atoms with Crippen LogP contribution in [0.5, 0.6) is 0 Å². The number of aromatic nitrogens is 2. The third kappa shape index (κ3) is 3.02. The Morgan fingerprint density at radius 3 is 2.39 bits per heavy atom. The van der Waals surface area contributed by atoms with Crippen molar-refractivity contribution in [1.82, 2.24) is 9.78 Å². The van der Waals surface area contributed by atoms with Crippen LogP contribution in [0.15, 0.2) is 0 Å². The van der Waals surface area contributed by atoms with Gasteiger partial charge in [0.1, 0.15) is 12.4 Å². The number of aldehydes is 1. The van der Waals surface area contributed by atoms with Gasteiger partial charge in [0, 0.05) is 13.1 Å². The molecule has 1 heterocycles.